The Kier molecular flexibility index (Phi) is 7.37. The zero-order valence-electron chi connectivity index (χ0n) is 22.9. The highest BCUT2D eigenvalue weighted by atomic mass is 16.5. The van der Waals surface area contributed by atoms with Gasteiger partial charge in [0.15, 0.2) is 17.3 Å². The number of benzene rings is 2. The maximum Gasteiger partial charge on any atom is 0.239 e. The zero-order chi connectivity index (χ0) is 26.9. The van der Waals surface area contributed by atoms with Gasteiger partial charge in [0, 0.05) is 23.7 Å². The van der Waals surface area contributed by atoms with Gasteiger partial charge in [-0.3, -0.25) is 9.59 Å². The number of fused-ring (bicyclic) bond motifs is 1. The predicted molar refractivity (Wildman–Crippen MR) is 150 cm³/mol. The minimum Gasteiger partial charge on any atom is -0.493 e. The quantitative estimate of drug-likeness (QED) is 0.507. The van der Waals surface area contributed by atoms with Crippen molar-refractivity contribution in [3.05, 3.63) is 59.3 Å². The Morgan fingerprint density at radius 3 is 2.50 bits per heavy atom. The highest BCUT2D eigenvalue weighted by Gasteiger charge is 2.42. The molecule has 1 fully saturated rings. The average molecular weight is 518 g/mol. The number of allylic oxidation sites excluding steroid dienone is 1. The Hall–Kier alpha value is -3.48. The van der Waals surface area contributed by atoms with Crippen molar-refractivity contribution in [1.82, 2.24) is 5.32 Å². The summed E-state index contributed by atoms with van der Waals surface area (Å²) in [5.74, 6) is 1.29. The molecule has 0 spiro atoms. The van der Waals surface area contributed by atoms with Crippen LogP contribution in [0.25, 0.3) is 0 Å². The van der Waals surface area contributed by atoms with Crippen molar-refractivity contribution in [2.75, 3.05) is 31.0 Å². The molecule has 38 heavy (non-hydrogen) atoms. The van der Waals surface area contributed by atoms with Gasteiger partial charge in [-0.15, -0.1) is 0 Å². The summed E-state index contributed by atoms with van der Waals surface area (Å²) in [5.41, 5.74) is 4.16. The minimum absolute atomic E-state index is 0.0233. The van der Waals surface area contributed by atoms with E-state index in [1.54, 1.807) is 14.2 Å². The number of ketones is 1. The molecule has 2 aromatic carbocycles. The number of carbonyl (C=O) groups excluding carboxylic acids is 2. The lowest BCUT2D eigenvalue weighted by molar-refractivity contribution is -0.121. The second-order valence-electron chi connectivity index (χ2n) is 11.5. The lowest BCUT2D eigenvalue weighted by atomic mass is 9.73. The van der Waals surface area contributed by atoms with E-state index in [2.05, 4.69) is 29.4 Å². The molecule has 1 atom stereocenters. The molecule has 202 valence electrons. The molecule has 5 rings (SSSR count). The number of ether oxygens (including phenoxy) is 2. The molecular formula is C31H39N3O4. The molecule has 1 saturated carbocycles. The average Bonchev–Trinajstić information content (AvgIpc) is 3.02. The number of para-hydroxylation sites is 2. The number of carbonyl (C=O) groups is 2. The number of nitrogens with one attached hydrogen (secondary N) is 2. The lowest BCUT2D eigenvalue weighted by Crippen LogP contribution is -2.45. The Labute approximate surface area is 225 Å². The van der Waals surface area contributed by atoms with Crippen LogP contribution in [0, 0.1) is 5.41 Å². The monoisotopic (exact) mass is 517 g/mol. The SMILES string of the molecule is COc1ccc(C2C3=C(CC(C)(C)CC3=O)Nc3ccccc3N2CC(=O)NC2CCCCC2)cc1OC. The van der Waals surface area contributed by atoms with Gasteiger partial charge in [0.1, 0.15) is 0 Å². The van der Waals surface area contributed by atoms with Crippen molar-refractivity contribution >= 4 is 23.1 Å². The first-order chi connectivity index (χ1) is 18.3. The number of amides is 1. The molecular weight excluding hydrogens is 478 g/mol. The van der Waals surface area contributed by atoms with Gasteiger partial charge < -0.3 is 25.0 Å². The highest BCUT2D eigenvalue weighted by molar-refractivity contribution is 6.02. The highest BCUT2D eigenvalue weighted by Crippen LogP contribution is 2.49. The lowest BCUT2D eigenvalue weighted by Gasteiger charge is -2.38. The Morgan fingerprint density at radius 2 is 1.76 bits per heavy atom. The van der Waals surface area contributed by atoms with E-state index in [0.29, 0.717) is 17.9 Å². The summed E-state index contributed by atoms with van der Waals surface area (Å²) in [6.07, 6.45) is 6.77. The van der Waals surface area contributed by atoms with Crippen LogP contribution in [0.4, 0.5) is 11.4 Å². The fourth-order valence-corrected chi connectivity index (χ4v) is 6.27. The molecule has 3 aliphatic rings. The Bertz CT molecular complexity index is 1250. The number of hydrogen-bond acceptors (Lipinski definition) is 6. The molecule has 1 amide bonds. The van der Waals surface area contributed by atoms with E-state index in [0.717, 1.165) is 60.3 Å². The Balaban J connectivity index is 1.63. The second-order valence-corrected chi connectivity index (χ2v) is 11.5. The Morgan fingerprint density at radius 1 is 1.03 bits per heavy atom. The number of anilines is 2. The van der Waals surface area contributed by atoms with E-state index in [4.69, 9.17) is 9.47 Å². The maximum atomic E-state index is 13.9. The van der Waals surface area contributed by atoms with Crippen LogP contribution in [-0.2, 0) is 9.59 Å². The summed E-state index contributed by atoms with van der Waals surface area (Å²) >= 11 is 0. The first-order valence-electron chi connectivity index (χ1n) is 13.7. The molecule has 1 heterocycles. The van der Waals surface area contributed by atoms with Crippen LogP contribution in [0.2, 0.25) is 0 Å². The number of methoxy groups -OCH3 is 2. The van der Waals surface area contributed by atoms with Gasteiger partial charge in [-0.1, -0.05) is 51.3 Å². The van der Waals surface area contributed by atoms with Gasteiger partial charge >= 0.3 is 0 Å². The maximum absolute atomic E-state index is 13.9. The van der Waals surface area contributed by atoms with Crippen LogP contribution in [0.5, 0.6) is 11.5 Å². The van der Waals surface area contributed by atoms with Crippen LogP contribution < -0.4 is 25.0 Å². The topological polar surface area (TPSA) is 79.9 Å². The fraction of sp³-hybridized carbons (Fsp3) is 0.484. The van der Waals surface area contributed by atoms with Crippen LogP contribution in [-0.4, -0.2) is 38.5 Å². The van der Waals surface area contributed by atoms with E-state index in [1.807, 2.05) is 42.5 Å². The van der Waals surface area contributed by atoms with E-state index in [-0.39, 0.29) is 29.7 Å². The van der Waals surface area contributed by atoms with Crippen molar-refractivity contribution in [3.8, 4) is 11.5 Å². The molecule has 2 aliphatic carbocycles. The molecule has 2 aromatic rings. The van der Waals surface area contributed by atoms with Crippen molar-refractivity contribution in [1.29, 1.82) is 0 Å². The second kappa shape index (κ2) is 10.7. The first kappa shape index (κ1) is 26.1. The third-order valence-corrected chi connectivity index (χ3v) is 8.01. The van der Waals surface area contributed by atoms with Crippen LogP contribution in [0.15, 0.2) is 53.7 Å². The van der Waals surface area contributed by atoms with Crippen LogP contribution in [0.3, 0.4) is 0 Å². The fourth-order valence-electron chi connectivity index (χ4n) is 6.27. The molecule has 1 aliphatic heterocycles. The molecule has 7 heteroatoms. The van der Waals surface area contributed by atoms with Gasteiger partial charge in [-0.25, -0.2) is 0 Å². The van der Waals surface area contributed by atoms with E-state index >= 15 is 0 Å². The van der Waals surface area contributed by atoms with Crippen LogP contribution in [0.1, 0.15) is 70.4 Å². The minimum atomic E-state index is -0.457. The summed E-state index contributed by atoms with van der Waals surface area (Å²) < 4.78 is 11.1. The van der Waals surface area contributed by atoms with Gasteiger partial charge in [0.2, 0.25) is 5.91 Å². The predicted octanol–water partition coefficient (Wildman–Crippen LogP) is 5.77. The van der Waals surface area contributed by atoms with Crippen molar-refractivity contribution in [2.45, 2.75) is 70.9 Å². The van der Waals surface area contributed by atoms with Gasteiger partial charge in [0.25, 0.3) is 0 Å². The summed E-state index contributed by atoms with van der Waals surface area (Å²) in [5, 5.41) is 6.89. The molecule has 1 unspecified atom stereocenters. The van der Waals surface area contributed by atoms with Crippen molar-refractivity contribution in [3.63, 3.8) is 0 Å². The standard InChI is InChI=1S/C31H39N3O4/c1-31(2)17-23-29(25(35)18-31)30(20-14-15-26(37-3)27(16-20)38-4)34(24-13-9-8-12-22(24)33-23)19-28(36)32-21-10-6-5-7-11-21/h8-9,12-16,21,30,33H,5-7,10-11,17-19H2,1-4H3,(H,32,36). The summed E-state index contributed by atoms with van der Waals surface area (Å²) in [6.45, 7) is 4.41. The number of Topliss-reactive ketones (excluding diaryl/α,β-unsaturated/α-hetero) is 1. The zero-order valence-corrected chi connectivity index (χ0v) is 22.9. The first-order valence-corrected chi connectivity index (χ1v) is 13.7. The van der Waals surface area contributed by atoms with Crippen molar-refractivity contribution < 1.29 is 19.1 Å². The molecule has 0 aromatic heterocycles. The third kappa shape index (κ3) is 5.24. The van der Waals surface area contributed by atoms with Gasteiger partial charge in [0.05, 0.1) is 38.2 Å². The van der Waals surface area contributed by atoms with Crippen LogP contribution >= 0.6 is 0 Å². The number of nitrogens with zero attached hydrogens (tertiary/aromatic N) is 1. The normalized spacial score (nSPS) is 21.1. The number of hydrogen-bond donors (Lipinski definition) is 2. The largest absolute Gasteiger partial charge is 0.493 e. The molecule has 0 radical (unpaired) electrons. The summed E-state index contributed by atoms with van der Waals surface area (Å²) in [4.78, 5) is 29.5. The smallest absolute Gasteiger partial charge is 0.239 e. The molecule has 0 saturated heterocycles. The van der Waals surface area contributed by atoms with Crippen molar-refractivity contribution in [2.24, 2.45) is 5.41 Å². The van der Waals surface area contributed by atoms with E-state index in [9.17, 15) is 9.59 Å². The van der Waals surface area contributed by atoms with E-state index in [1.165, 1.54) is 6.42 Å². The van der Waals surface area contributed by atoms with Gasteiger partial charge in [-0.05, 0) is 54.5 Å². The third-order valence-electron chi connectivity index (χ3n) is 8.01. The molecule has 2 N–H and O–H groups in total. The molecule has 0 bridgehead atoms. The number of rotatable bonds is 6. The summed E-state index contributed by atoms with van der Waals surface area (Å²) in [6, 6.07) is 13.5. The van der Waals surface area contributed by atoms with E-state index < -0.39 is 6.04 Å². The van der Waals surface area contributed by atoms with Gasteiger partial charge in [-0.2, -0.15) is 0 Å². The molecule has 7 nitrogen and oxygen atoms in total. The summed E-state index contributed by atoms with van der Waals surface area (Å²) in [7, 11) is 3.22.